The van der Waals surface area contributed by atoms with Crippen LogP contribution < -0.4 is 5.32 Å². The number of rotatable bonds is 1. The predicted octanol–water partition coefficient (Wildman–Crippen LogP) is 4.55. The molecule has 0 saturated heterocycles. The summed E-state index contributed by atoms with van der Waals surface area (Å²) in [6.07, 6.45) is -4.08. The Hall–Kier alpha value is -2.04. The summed E-state index contributed by atoms with van der Waals surface area (Å²) in [7, 11) is 0. The molecular formula is C15H11F4N. The number of hydrogen-bond donors (Lipinski definition) is 1. The molecule has 0 fully saturated rings. The van der Waals surface area contributed by atoms with Gasteiger partial charge in [-0.3, -0.25) is 0 Å². The minimum Gasteiger partial charge on any atom is -0.378 e. The average Bonchev–Trinajstić information content (AvgIpc) is 2.81. The second-order valence-electron chi connectivity index (χ2n) is 4.80. The van der Waals surface area contributed by atoms with Crippen molar-refractivity contribution in [3.05, 3.63) is 65.0 Å². The number of nitrogens with one attached hydrogen (secondary N) is 1. The van der Waals surface area contributed by atoms with Gasteiger partial charge in [-0.1, -0.05) is 24.3 Å². The molecule has 5 heteroatoms. The van der Waals surface area contributed by atoms with Gasteiger partial charge in [0.15, 0.2) is 0 Å². The highest BCUT2D eigenvalue weighted by molar-refractivity contribution is 5.58. The van der Waals surface area contributed by atoms with Gasteiger partial charge in [0.2, 0.25) is 0 Å². The Morgan fingerprint density at radius 2 is 1.80 bits per heavy atom. The summed E-state index contributed by atoms with van der Waals surface area (Å²) in [5.74, 6) is -1.24. The maximum atomic E-state index is 13.3. The molecular weight excluding hydrogens is 270 g/mol. The normalized spacial score (nSPS) is 17.7. The van der Waals surface area contributed by atoms with Gasteiger partial charge in [0.25, 0.3) is 0 Å². The molecule has 3 rings (SSSR count). The van der Waals surface area contributed by atoms with E-state index in [-0.39, 0.29) is 6.04 Å². The van der Waals surface area contributed by atoms with E-state index in [4.69, 9.17) is 0 Å². The Morgan fingerprint density at radius 1 is 1.05 bits per heavy atom. The topological polar surface area (TPSA) is 12.0 Å². The number of hydrogen-bond acceptors (Lipinski definition) is 1. The van der Waals surface area contributed by atoms with Crippen LogP contribution >= 0.6 is 0 Å². The summed E-state index contributed by atoms with van der Waals surface area (Å²) in [4.78, 5) is 0. The molecule has 1 aliphatic rings. The summed E-state index contributed by atoms with van der Waals surface area (Å²) in [6.45, 7) is 0. The lowest BCUT2D eigenvalue weighted by atomic mass is 10.0. The summed E-state index contributed by atoms with van der Waals surface area (Å²) in [5, 5.41) is 3.16. The molecule has 0 aromatic heterocycles. The fourth-order valence-corrected chi connectivity index (χ4v) is 2.48. The lowest BCUT2D eigenvalue weighted by molar-refractivity contribution is -0.140. The first-order chi connectivity index (χ1) is 9.45. The third kappa shape index (κ3) is 2.24. The summed E-state index contributed by atoms with van der Waals surface area (Å²) in [6, 6.07) is 10.5. The lowest BCUT2D eigenvalue weighted by Crippen LogP contribution is -2.12. The minimum atomic E-state index is -4.68. The first-order valence-electron chi connectivity index (χ1n) is 6.16. The van der Waals surface area contributed by atoms with E-state index in [9.17, 15) is 17.6 Å². The van der Waals surface area contributed by atoms with Crippen molar-refractivity contribution in [1.29, 1.82) is 0 Å². The van der Waals surface area contributed by atoms with Crippen LogP contribution in [0.25, 0.3) is 0 Å². The van der Waals surface area contributed by atoms with Crippen LogP contribution in [0.2, 0.25) is 0 Å². The number of halogens is 4. The van der Waals surface area contributed by atoms with Gasteiger partial charge < -0.3 is 5.32 Å². The van der Waals surface area contributed by atoms with Crippen LogP contribution in [0.3, 0.4) is 0 Å². The average molecular weight is 281 g/mol. The van der Waals surface area contributed by atoms with Gasteiger partial charge in [0.05, 0.1) is 11.6 Å². The summed E-state index contributed by atoms with van der Waals surface area (Å²) < 4.78 is 51.4. The van der Waals surface area contributed by atoms with Crippen molar-refractivity contribution in [2.45, 2.75) is 18.6 Å². The SMILES string of the molecule is Fc1ccc(C2Cc3ccccc3N2)cc1C(F)(F)F. The Balaban J connectivity index is 1.94. The van der Waals surface area contributed by atoms with Gasteiger partial charge in [-0.05, 0) is 35.7 Å². The molecule has 20 heavy (non-hydrogen) atoms. The zero-order chi connectivity index (χ0) is 14.3. The van der Waals surface area contributed by atoms with E-state index in [1.807, 2.05) is 24.3 Å². The van der Waals surface area contributed by atoms with Gasteiger partial charge in [-0.25, -0.2) is 4.39 Å². The summed E-state index contributed by atoms with van der Waals surface area (Å²) >= 11 is 0. The number of alkyl halides is 3. The van der Waals surface area contributed by atoms with Crippen LogP contribution in [-0.4, -0.2) is 0 Å². The van der Waals surface area contributed by atoms with Crippen molar-refractivity contribution >= 4 is 5.69 Å². The molecule has 1 N–H and O–H groups in total. The second kappa shape index (κ2) is 4.51. The van der Waals surface area contributed by atoms with Crippen LogP contribution in [0.15, 0.2) is 42.5 Å². The van der Waals surface area contributed by atoms with Crippen LogP contribution in [0.5, 0.6) is 0 Å². The van der Waals surface area contributed by atoms with Crippen molar-refractivity contribution in [1.82, 2.24) is 0 Å². The molecule has 1 atom stereocenters. The van der Waals surface area contributed by atoms with Gasteiger partial charge in [0.1, 0.15) is 5.82 Å². The number of fused-ring (bicyclic) bond motifs is 1. The molecule has 0 bridgehead atoms. The maximum Gasteiger partial charge on any atom is 0.419 e. The van der Waals surface area contributed by atoms with E-state index in [0.717, 1.165) is 23.4 Å². The standard InChI is InChI=1S/C15H11F4N/c16-12-6-5-10(7-11(12)15(17,18)19)14-8-9-3-1-2-4-13(9)20-14/h1-7,14,20H,8H2. The van der Waals surface area contributed by atoms with Gasteiger partial charge >= 0.3 is 6.18 Å². The molecule has 2 aromatic rings. The van der Waals surface area contributed by atoms with Crippen molar-refractivity contribution in [2.75, 3.05) is 5.32 Å². The fourth-order valence-electron chi connectivity index (χ4n) is 2.48. The Bertz CT molecular complexity index is 624. The highest BCUT2D eigenvalue weighted by Crippen LogP contribution is 2.37. The molecule has 1 nitrogen and oxygen atoms in total. The fraction of sp³-hybridized carbons (Fsp3) is 0.200. The van der Waals surface area contributed by atoms with E-state index in [2.05, 4.69) is 5.32 Å². The van der Waals surface area contributed by atoms with Crippen LogP contribution in [0, 0.1) is 5.82 Å². The molecule has 1 heterocycles. The van der Waals surface area contributed by atoms with E-state index in [1.54, 1.807) is 0 Å². The van der Waals surface area contributed by atoms with E-state index in [1.165, 1.54) is 6.07 Å². The second-order valence-corrected chi connectivity index (χ2v) is 4.80. The Morgan fingerprint density at radius 3 is 2.50 bits per heavy atom. The first-order valence-corrected chi connectivity index (χ1v) is 6.16. The molecule has 1 unspecified atom stereocenters. The summed E-state index contributed by atoms with van der Waals surface area (Å²) in [5.41, 5.74) is 1.19. The zero-order valence-electron chi connectivity index (χ0n) is 10.3. The smallest absolute Gasteiger partial charge is 0.378 e. The molecule has 2 aromatic carbocycles. The predicted molar refractivity (Wildman–Crippen MR) is 67.9 cm³/mol. The lowest BCUT2D eigenvalue weighted by Gasteiger charge is -2.15. The number of para-hydroxylation sites is 1. The number of benzene rings is 2. The van der Waals surface area contributed by atoms with E-state index < -0.39 is 17.6 Å². The first kappa shape index (κ1) is 13.0. The quantitative estimate of drug-likeness (QED) is 0.756. The van der Waals surface area contributed by atoms with E-state index in [0.29, 0.717) is 12.0 Å². The zero-order valence-corrected chi connectivity index (χ0v) is 10.3. The van der Waals surface area contributed by atoms with E-state index >= 15 is 0 Å². The van der Waals surface area contributed by atoms with Gasteiger partial charge in [-0.2, -0.15) is 13.2 Å². The monoisotopic (exact) mass is 281 g/mol. The largest absolute Gasteiger partial charge is 0.419 e. The third-order valence-corrected chi connectivity index (χ3v) is 3.47. The third-order valence-electron chi connectivity index (χ3n) is 3.47. The highest BCUT2D eigenvalue weighted by Gasteiger charge is 2.35. The van der Waals surface area contributed by atoms with Gasteiger partial charge in [-0.15, -0.1) is 0 Å². The Kier molecular flexibility index (Phi) is 2.92. The van der Waals surface area contributed by atoms with Gasteiger partial charge in [0, 0.05) is 5.69 Å². The number of anilines is 1. The van der Waals surface area contributed by atoms with Crippen LogP contribution in [0.4, 0.5) is 23.2 Å². The molecule has 0 aliphatic carbocycles. The molecule has 0 saturated carbocycles. The molecule has 0 spiro atoms. The molecule has 1 aliphatic heterocycles. The molecule has 104 valence electrons. The minimum absolute atomic E-state index is 0.255. The van der Waals surface area contributed by atoms with Crippen molar-refractivity contribution in [2.24, 2.45) is 0 Å². The van der Waals surface area contributed by atoms with Crippen molar-refractivity contribution < 1.29 is 17.6 Å². The van der Waals surface area contributed by atoms with Crippen molar-refractivity contribution in [3.63, 3.8) is 0 Å². The highest BCUT2D eigenvalue weighted by atomic mass is 19.4. The van der Waals surface area contributed by atoms with Crippen molar-refractivity contribution in [3.8, 4) is 0 Å². The maximum absolute atomic E-state index is 13.3. The van der Waals surface area contributed by atoms with Crippen LogP contribution in [0.1, 0.15) is 22.7 Å². The molecule has 0 radical (unpaired) electrons. The van der Waals surface area contributed by atoms with Crippen LogP contribution in [-0.2, 0) is 12.6 Å². The Labute approximate surface area is 113 Å². The molecule has 0 amide bonds.